The van der Waals surface area contributed by atoms with Gasteiger partial charge in [0.2, 0.25) is 0 Å². The number of benzene rings is 1. The predicted octanol–water partition coefficient (Wildman–Crippen LogP) is 1.63. The first-order valence-corrected chi connectivity index (χ1v) is 6.30. The van der Waals surface area contributed by atoms with Crippen LogP contribution >= 0.6 is 0 Å². The first kappa shape index (κ1) is 11.8. The molecule has 0 aromatic heterocycles. The second kappa shape index (κ2) is 4.44. The summed E-state index contributed by atoms with van der Waals surface area (Å²) in [6, 6.07) is 4.16. The third-order valence-electron chi connectivity index (χ3n) is 3.79. The summed E-state index contributed by atoms with van der Waals surface area (Å²) in [5.41, 5.74) is 2.58. The molecule has 0 spiro atoms. The van der Waals surface area contributed by atoms with E-state index < -0.39 is 0 Å². The van der Waals surface area contributed by atoms with E-state index in [0.717, 1.165) is 31.0 Å². The van der Waals surface area contributed by atoms with Gasteiger partial charge in [0.15, 0.2) is 11.5 Å². The smallest absolute Gasteiger partial charge is 0.161 e. The third kappa shape index (κ3) is 1.85. The number of hydrogen-bond acceptors (Lipinski definition) is 4. The molecule has 2 bridgehead atoms. The van der Waals surface area contributed by atoms with Gasteiger partial charge in [-0.1, -0.05) is 0 Å². The Balaban J connectivity index is 2.03. The molecule has 0 N–H and O–H groups in total. The molecule has 0 amide bonds. The van der Waals surface area contributed by atoms with Crippen molar-refractivity contribution >= 4 is 0 Å². The zero-order valence-corrected chi connectivity index (χ0v) is 11.1. The van der Waals surface area contributed by atoms with Crippen LogP contribution in [0.2, 0.25) is 0 Å². The Labute approximate surface area is 107 Å². The van der Waals surface area contributed by atoms with Crippen molar-refractivity contribution in [1.82, 2.24) is 4.90 Å². The number of ether oxygens (including phenoxy) is 3. The molecular weight excluding hydrogens is 230 g/mol. The highest BCUT2D eigenvalue weighted by atomic mass is 16.5. The van der Waals surface area contributed by atoms with Crippen LogP contribution in [0.15, 0.2) is 12.1 Å². The quantitative estimate of drug-likeness (QED) is 0.797. The molecule has 98 valence electrons. The third-order valence-corrected chi connectivity index (χ3v) is 3.79. The SMILES string of the molecule is COc1cc2c(cc1OC)C1CN(C)CC(C2)O1. The van der Waals surface area contributed by atoms with E-state index in [1.54, 1.807) is 14.2 Å². The summed E-state index contributed by atoms with van der Waals surface area (Å²) >= 11 is 0. The van der Waals surface area contributed by atoms with Crippen molar-refractivity contribution in [3.8, 4) is 11.5 Å². The van der Waals surface area contributed by atoms with Crippen molar-refractivity contribution in [2.24, 2.45) is 0 Å². The molecule has 0 radical (unpaired) electrons. The van der Waals surface area contributed by atoms with Crippen LogP contribution in [0, 0.1) is 0 Å². The van der Waals surface area contributed by atoms with Gasteiger partial charge >= 0.3 is 0 Å². The summed E-state index contributed by atoms with van der Waals surface area (Å²) < 4.78 is 16.8. The average Bonchev–Trinajstić information content (AvgIpc) is 2.36. The lowest BCUT2D eigenvalue weighted by molar-refractivity contribution is -0.0897. The molecule has 0 saturated carbocycles. The normalized spacial score (nSPS) is 26.6. The average molecular weight is 249 g/mol. The molecule has 3 rings (SSSR count). The van der Waals surface area contributed by atoms with Crippen LogP contribution in [0.5, 0.6) is 11.5 Å². The van der Waals surface area contributed by atoms with Crippen molar-refractivity contribution in [3.05, 3.63) is 23.3 Å². The summed E-state index contributed by atoms with van der Waals surface area (Å²) in [6.45, 7) is 1.95. The summed E-state index contributed by atoms with van der Waals surface area (Å²) in [4.78, 5) is 2.33. The van der Waals surface area contributed by atoms with E-state index in [9.17, 15) is 0 Å². The lowest BCUT2D eigenvalue weighted by atomic mass is 9.91. The van der Waals surface area contributed by atoms with Crippen molar-refractivity contribution in [3.63, 3.8) is 0 Å². The zero-order valence-electron chi connectivity index (χ0n) is 11.1. The van der Waals surface area contributed by atoms with Crippen LogP contribution in [0.3, 0.4) is 0 Å². The lowest BCUT2D eigenvalue weighted by Gasteiger charge is -2.41. The Hall–Kier alpha value is -1.26. The number of likely N-dealkylation sites (N-methyl/N-ethyl adjacent to an activating group) is 1. The van der Waals surface area contributed by atoms with Gasteiger partial charge in [-0.05, 0) is 30.3 Å². The largest absolute Gasteiger partial charge is 0.493 e. The minimum Gasteiger partial charge on any atom is -0.493 e. The fourth-order valence-electron chi connectivity index (χ4n) is 2.97. The van der Waals surface area contributed by atoms with E-state index in [1.807, 2.05) is 0 Å². The van der Waals surface area contributed by atoms with Gasteiger partial charge in [0.1, 0.15) is 0 Å². The topological polar surface area (TPSA) is 30.9 Å². The van der Waals surface area contributed by atoms with Crippen molar-refractivity contribution < 1.29 is 14.2 Å². The Morgan fingerprint density at radius 2 is 1.89 bits per heavy atom. The molecule has 18 heavy (non-hydrogen) atoms. The molecule has 2 atom stereocenters. The maximum Gasteiger partial charge on any atom is 0.161 e. The number of nitrogens with zero attached hydrogens (tertiary/aromatic N) is 1. The molecule has 4 nitrogen and oxygen atoms in total. The maximum absolute atomic E-state index is 6.05. The van der Waals surface area contributed by atoms with Gasteiger partial charge in [-0.25, -0.2) is 0 Å². The van der Waals surface area contributed by atoms with E-state index >= 15 is 0 Å². The number of rotatable bonds is 2. The molecule has 1 aromatic carbocycles. The first-order chi connectivity index (χ1) is 8.71. The number of morpholine rings is 1. The van der Waals surface area contributed by atoms with Crippen molar-refractivity contribution in [2.45, 2.75) is 18.6 Å². The van der Waals surface area contributed by atoms with E-state index in [0.29, 0.717) is 6.10 Å². The second-order valence-corrected chi connectivity index (χ2v) is 5.08. The van der Waals surface area contributed by atoms with Gasteiger partial charge in [0.05, 0.1) is 26.4 Å². The molecule has 4 heteroatoms. The van der Waals surface area contributed by atoms with Crippen LogP contribution in [-0.2, 0) is 11.2 Å². The van der Waals surface area contributed by atoms with E-state index in [-0.39, 0.29) is 6.10 Å². The fraction of sp³-hybridized carbons (Fsp3) is 0.571. The van der Waals surface area contributed by atoms with E-state index in [1.165, 1.54) is 11.1 Å². The monoisotopic (exact) mass is 249 g/mol. The van der Waals surface area contributed by atoms with Gasteiger partial charge in [-0.15, -0.1) is 0 Å². The molecule has 0 aliphatic carbocycles. The molecule has 2 aliphatic heterocycles. The minimum absolute atomic E-state index is 0.164. The maximum atomic E-state index is 6.05. The molecule has 1 fully saturated rings. The zero-order chi connectivity index (χ0) is 12.7. The highest BCUT2D eigenvalue weighted by Crippen LogP contribution is 2.40. The van der Waals surface area contributed by atoms with Crippen LogP contribution in [-0.4, -0.2) is 45.4 Å². The van der Waals surface area contributed by atoms with Gasteiger partial charge in [-0.3, -0.25) is 0 Å². The highest BCUT2D eigenvalue weighted by molar-refractivity contribution is 5.49. The molecule has 1 saturated heterocycles. The van der Waals surface area contributed by atoms with Gasteiger partial charge in [-0.2, -0.15) is 0 Å². The van der Waals surface area contributed by atoms with Gasteiger partial charge in [0, 0.05) is 19.5 Å². The Bertz CT molecular complexity index is 461. The standard InChI is InChI=1S/C14H19NO3/c1-15-7-10-4-9-5-12(16-2)13(17-3)6-11(9)14(8-15)18-10/h5-6,10,14H,4,7-8H2,1-3H3. The fourth-order valence-corrected chi connectivity index (χ4v) is 2.97. The lowest BCUT2D eigenvalue weighted by Crippen LogP contribution is -2.45. The summed E-state index contributed by atoms with van der Waals surface area (Å²) in [7, 11) is 5.50. The minimum atomic E-state index is 0.164. The molecule has 1 aromatic rings. The van der Waals surface area contributed by atoms with Crippen LogP contribution in [0.25, 0.3) is 0 Å². The Kier molecular flexibility index (Phi) is 2.92. The summed E-state index contributed by atoms with van der Waals surface area (Å²) in [6.07, 6.45) is 1.42. The second-order valence-electron chi connectivity index (χ2n) is 5.08. The van der Waals surface area contributed by atoms with Crippen LogP contribution in [0.1, 0.15) is 17.2 Å². The highest BCUT2D eigenvalue weighted by Gasteiger charge is 2.34. The Morgan fingerprint density at radius 3 is 2.61 bits per heavy atom. The van der Waals surface area contributed by atoms with Crippen LogP contribution in [0.4, 0.5) is 0 Å². The summed E-state index contributed by atoms with van der Waals surface area (Å²) in [5, 5.41) is 0. The number of fused-ring (bicyclic) bond motifs is 4. The van der Waals surface area contributed by atoms with Crippen molar-refractivity contribution in [2.75, 3.05) is 34.4 Å². The molecule has 2 unspecified atom stereocenters. The van der Waals surface area contributed by atoms with E-state index in [2.05, 4.69) is 24.1 Å². The first-order valence-electron chi connectivity index (χ1n) is 6.30. The molecule has 2 heterocycles. The Morgan fingerprint density at radius 1 is 1.17 bits per heavy atom. The molecular formula is C14H19NO3. The number of hydrogen-bond donors (Lipinski definition) is 0. The predicted molar refractivity (Wildman–Crippen MR) is 68.4 cm³/mol. The van der Waals surface area contributed by atoms with Gasteiger partial charge < -0.3 is 19.1 Å². The van der Waals surface area contributed by atoms with E-state index in [4.69, 9.17) is 14.2 Å². The summed E-state index contributed by atoms with van der Waals surface area (Å²) in [5.74, 6) is 1.59. The van der Waals surface area contributed by atoms with Crippen molar-refractivity contribution in [1.29, 1.82) is 0 Å². The molecule has 2 aliphatic rings. The number of methoxy groups -OCH3 is 2. The van der Waals surface area contributed by atoms with Gasteiger partial charge in [0.25, 0.3) is 0 Å². The van der Waals surface area contributed by atoms with Crippen LogP contribution < -0.4 is 9.47 Å².